The van der Waals surface area contributed by atoms with E-state index in [1.54, 1.807) is 0 Å². The van der Waals surface area contributed by atoms with Crippen molar-refractivity contribution >= 4 is 0 Å². The fraction of sp³-hybridized carbons (Fsp3) is 1.00. The van der Waals surface area contributed by atoms with Gasteiger partial charge in [0.05, 0.1) is 0 Å². The molecule has 0 radical (unpaired) electrons. The van der Waals surface area contributed by atoms with Gasteiger partial charge in [-0.3, -0.25) is 4.90 Å². The molecule has 0 amide bonds. The van der Waals surface area contributed by atoms with Gasteiger partial charge in [-0.1, -0.05) is 13.3 Å². The number of nitrogens with two attached hydrogens (primary N) is 1. The monoisotopic (exact) mass is 239 g/mol. The maximum Gasteiger partial charge on any atom is 0.0136 e. The summed E-state index contributed by atoms with van der Waals surface area (Å²) in [6.07, 6.45) is 6.91. The van der Waals surface area contributed by atoms with E-state index < -0.39 is 0 Å². The second kappa shape index (κ2) is 6.72. The summed E-state index contributed by atoms with van der Waals surface area (Å²) in [4.78, 5) is 5.30. The Morgan fingerprint density at radius 3 is 2.59 bits per heavy atom. The lowest BCUT2D eigenvalue weighted by atomic mass is 10.0. The number of likely N-dealkylation sites (N-methyl/N-ethyl adjacent to an activating group) is 1. The quantitative estimate of drug-likeness (QED) is 0.763. The standard InChI is InChI=1S/C14H29N3/c1-2-17(11-10-16-8-3-4-9-16)14-7-5-6-13(14)12-15/h13-14H,2-12,15H2,1H3. The highest BCUT2D eigenvalue weighted by Crippen LogP contribution is 2.29. The molecule has 1 aliphatic carbocycles. The third-order valence-corrected chi connectivity index (χ3v) is 4.70. The summed E-state index contributed by atoms with van der Waals surface area (Å²) in [5, 5.41) is 0. The van der Waals surface area contributed by atoms with E-state index in [9.17, 15) is 0 Å². The molecule has 0 aromatic rings. The molecular formula is C14H29N3. The van der Waals surface area contributed by atoms with E-state index in [4.69, 9.17) is 5.73 Å². The number of nitrogens with zero attached hydrogens (tertiary/aromatic N) is 2. The minimum absolute atomic E-state index is 0.758. The Labute approximate surface area is 106 Å². The first-order valence-electron chi connectivity index (χ1n) is 7.51. The molecule has 2 fully saturated rings. The Balaban J connectivity index is 1.78. The largest absolute Gasteiger partial charge is 0.330 e. The second-order valence-electron chi connectivity index (χ2n) is 5.67. The first-order valence-corrected chi connectivity index (χ1v) is 7.51. The average Bonchev–Trinajstić information content (AvgIpc) is 3.00. The molecule has 3 heteroatoms. The van der Waals surface area contributed by atoms with Gasteiger partial charge in [-0.25, -0.2) is 0 Å². The van der Waals surface area contributed by atoms with Crippen LogP contribution in [0, 0.1) is 5.92 Å². The summed E-state index contributed by atoms with van der Waals surface area (Å²) < 4.78 is 0. The van der Waals surface area contributed by atoms with Gasteiger partial charge in [0.15, 0.2) is 0 Å². The molecule has 2 atom stereocenters. The summed E-state index contributed by atoms with van der Waals surface area (Å²) in [6.45, 7) is 9.53. The zero-order valence-corrected chi connectivity index (χ0v) is 11.4. The average molecular weight is 239 g/mol. The van der Waals surface area contributed by atoms with E-state index in [1.807, 2.05) is 0 Å². The van der Waals surface area contributed by atoms with Crippen molar-refractivity contribution in [3.63, 3.8) is 0 Å². The van der Waals surface area contributed by atoms with Gasteiger partial charge < -0.3 is 10.6 Å². The van der Waals surface area contributed by atoms with Crippen molar-refractivity contribution in [2.75, 3.05) is 39.3 Å². The molecule has 1 saturated carbocycles. The molecule has 2 rings (SSSR count). The molecule has 2 aliphatic rings. The summed E-state index contributed by atoms with van der Waals surface area (Å²) in [7, 11) is 0. The van der Waals surface area contributed by atoms with Crippen LogP contribution in [-0.2, 0) is 0 Å². The molecule has 1 saturated heterocycles. The van der Waals surface area contributed by atoms with E-state index in [1.165, 1.54) is 64.8 Å². The highest BCUT2D eigenvalue weighted by molar-refractivity contribution is 4.86. The number of likely N-dealkylation sites (tertiary alicyclic amines) is 1. The van der Waals surface area contributed by atoms with Gasteiger partial charge in [0.2, 0.25) is 0 Å². The molecule has 2 unspecified atom stereocenters. The van der Waals surface area contributed by atoms with E-state index in [-0.39, 0.29) is 0 Å². The van der Waals surface area contributed by atoms with Crippen molar-refractivity contribution < 1.29 is 0 Å². The second-order valence-corrected chi connectivity index (χ2v) is 5.67. The SMILES string of the molecule is CCN(CCN1CCCC1)C1CCCC1CN. The van der Waals surface area contributed by atoms with E-state index >= 15 is 0 Å². The predicted octanol–water partition coefficient (Wildman–Crippen LogP) is 1.53. The van der Waals surface area contributed by atoms with E-state index in [0.717, 1.165) is 18.5 Å². The third-order valence-electron chi connectivity index (χ3n) is 4.70. The molecule has 3 nitrogen and oxygen atoms in total. The minimum Gasteiger partial charge on any atom is -0.330 e. The fourth-order valence-electron chi connectivity index (χ4n) is 3.61. The summed E-state index contributed by atoms with van der Waals surface area (Å²) in [6, 6.07) is 0.771. The number of rotatable bonds is 6. The third kappa shape index (κ3) is 3.43. The van der Waals surface area contributed by atoms with Gasteiger partial charge in [-0.05, 0) is 57.8 Å². The van der Waals surface area contributed by atoms with E-state index in [0.29, 0.717) is 0 Å². The molecule has 0 bridgehead atoms. The van der Waals surface area contributed by atoms with Gasteiger partial charge in [-0.2, -0.15) is 0 Å². The summed E-state index contributed by atoms with van der Waals surface area (Å²) in [5.74, 6) is 0.758. The molecule has 17 heavy (non-hydrogen) atoms. The van der Waals surface area contributed by atoms with Crippen LogP contribution in [0.1, 0.15) is 39.0 Å². The van der Waals surface area contributed by atoms with Crippen molar-refractivity contribution in [2.24, 2.45) is 11.7 Å². The number of hydrogen-bond donors (Lipinski definition) is 1. The zero-order chi connectivity index (χ0) is 12.1. The Bertz CT molecular complexity index is 214. The zero-order valence-electron chi connectivity index (χ0n) is 11.4. The lowest BCUT2D eigenvalue weighted by Gasteiger charge is -2.33. The highest BCUT2D eigenvalue weighted by Gasteiger charge is 2.30. The normalized spacial score (nSPS) is 30.5. The highest BCUT2D eigenvalue weighted by atomic mass is 15.2. The van der Waals surface area contributed by atoms with Gasteiger partial charge in [0.25, 0.3) is 0 Å². The van der Waals surface area contributed by atoms with Gasteiger partial charge in [0, 0.05) is 19.1 Å². The molecular weight excluding hydrogens is 210 g/mol. The van der Waals surface area contributed by atoms with Gasteiger partial charge in [0.1, 0.15) is 0 Å². The van der Waals surface area contributed by atoms with E-state index in [2.05, 4.69) is 16.7 Å². The smallest absolute Gasteiger partial charge is 0.0136 e. The van der Waals surface area contributed by atoms with Crippen molar-refractivity contribution in [3.05, 3.63) is 0 Å². The molecule has 0 aromatic carbocycles. The van der Waals surface area contributed by atoms with Crippen LogP contribution in [0.2, 0.25) is 0 Å². The Morgan fingerprint density at radius 1 is 1.18 bits per heavy atom. The van der Waals surface area contributed by atoms with Crippen LogP contribution in [-0.4, -0.2) is 55.1 Å². The molecule has 1 heterocycles. The van der Waals surface area contributed by atoms with Crippen LogP contribution in [0.4, 0.5) is 0 Å². The molecule has 1 aliphatic heterocycles. The molecule has 100 valence electrons. The Morgan fingerprint density at radius 2 is 1.94 bits per heavy atom. The molecule has 2 N–H and O–H groups in total. The van der Waals surface area contributed by atoms with Crippen molar-refractivity contribution in [2.45, 2.75) is 45.1 Å². The maximum atomic E-state index is 5.90. The first-order chi connectivity index (χ1) is 8.35. The van der Waals surface area contributed by atoms with Crippen LogP contribution >= 0.6 is 0 Å². The first kappa shape index (κ1) is 13.3. The van der Waals surface area contributed by atoms with Crippen molar-refractivity contribution in [1.29, 1.82) is 0 Å². The van der Waals surface area contributed by atoms with Crippen LogP contribution in [0.15, 0.2) is 0 Å². The van der Waals surface area contributed by atoms with Crippen LogP contribution < -0.4 is 5.73 Å². The van der Waals surface area contributed by atoms with Crippen LogP contribution in [0.3, 0.4) is 0 Å². The van der Waals surface area contributed by atoms with Gasteiger partial charge >= 0.3 is 0 Å². The topological polar surface area (TPSA) is 32.5 Å². The van der Waals surface area contributed by atoms with Crippen LogP contribution in [0.5, 0.6) is 0 Å². The fourth-order valence-corrected chi connectivity index (χ4v) is 3.61. The molecule has 0 aromatic heterocycles. The van der Waals surface area contributed by atoms with Crippen molar-refractivity contribution in [3.8, 4) is 0 Å². The summed E-state index contributed by atoms with van der Waals surface area (Å²) >= 11 is 0. The molecule has 0 spiro atoms. The Hall–Kier alpha value is -0.120. The lowest BCUT2D eigenvalue weighted by Crippen LogP contribution is -2.43. The van der Waals surface area contributed by atoms with Gasteiger partial charge in [-0.15, -0.1) is 0 Å². The number of hydrogen-bond acceptors (Lipinski definition) is 3. The Kier molecular flexibility index (Phi) is 5.26. The predicted molar refractivity (Wildman–Crippen MR) is 73.1 cm³/mol. The summed E-state index contributed by atoms with van der Waals surface area (Å²) in [5.41, 5.74) is 5.90. The maximum absolute atomic E-state index is 5.90. The van der Waals surface area contributed by atoms with Crippen LogP contribution in [0.25, 0.3) is 0 Å². The lowest BCUT2D eigenvalue weighted by molar-refractivity contribution is 0.150. The minimum atomic E-state index is 0.758. The van der Waals surface area contributed by atoms with Crippen molar-refractivity contribution in [1.82, 2.24) is 9.80 Å².